The second-order valence-electron chi connectivity index (χ2n) is 6.73. The third-order valence-corrected chi connectivity index (χ3v) is 4.65. The highest BCUT2D eigenvalue weighted by Crippen LogP contribution is 2.13. The number of imidazole rings is 1. The van der Waals surface area contributed by atoms with Crippen molar-refractivity contribution in [2.45, 2.75) is 45.4 Å². The van der Waals surface area contributed by atoms with Crippen LogP contribution < -0.4 is 5.32 Å². The summed E-state index contributed by atoms with van der Waals surface area (Å²) in [5.74, 6) is 0. The van der Waals surface area contributed by atoms with Crippen LogP contribution in [0.25, 0.3) is 5.65 Å². The Bertz CT molecular complexity index is 650. The van der Waals surface area contributed by atoms with Crippen LogP contribution in [0.4, 0.5) is 0 Å². The number of unbranched alkanes of at least 4 members (excludes halogenated alkanes) is 1. The van der Waals surface area contributed by atoms with E-state index in [1.54, 1.807) is 0 Å². The van der Waals surface area contributed by atoms with E-state index in [1.165, 1.54) is 12.8 Å². The number of morpholine rings is 1. The quantitative estimate of drug-likeness (QED) is 0.779. The van der Waals surface area contributed by atoms with Crippen LogP contribution in [-0.4, -0.2) is 52.7 Å². The van der Waals surface area contributed by atoms with Crippen molar-refractivity contribution in [3.63, 3.8) is 0 Å². The molecule has 2 aromatic rings. The maximum atomic E-state index is 6.06. The summed E-state index contributed by atoms with van der Waals surface area (Å²) in [7, 11) is 0. The van der Waals surface area contributed by atoms with Crippen LogP contribution in [0.5, 0.6) is 0 Å². The van der Waals surface area contributed by atoms with Gasteiger partial charge in [-0.15, -0.1) is 0 Å². The van der Waals surface area contributed by atoms with Gasteiger partial charge in [0.05, 0.1) is 29.1 Å². The van der Waals surface area contributed by atoms with Crippen molar-refractivity contribution in [2.75, 3.05) is 26.2 Å². The van der Waals surface area contributed by atoms with Gasteiger partial charge in [-0.2, -0.15) is 0 Å². The molecule has 1 fully saturated rings. The first kappa shape index (κ1) is 17.7. The molecular formula is C18H27ClN4O. The Morgan fingerprint density at radius 2 is 2.04 bits per heavy atom. The molecule has 0 radical (unpaired) electrons. The molecule has 132 valence electrons. The van der Waals surface area contributed by atoms with Crippen molar-refractivity contribution in [1.29, 1.82) is 0 Å². The van der Waals surface area contributed by atoms with Crippen LogP contribution in [0.15, 0.2) is 24.5 Å². The van der Waals surface area contributed by atoms with Crippen molar-refractivity contribution in [1.82, 2.24) is 19.6 Å². The Morgan fingerprint density at radius 3 is 2.83 bits per heavy atom. The molecule has 3 heterocycles. The van der Waals surface area contributed by atoms with Crippen LogP contribution in [0.3, 0.4) is 0 Å². The minimum absolute atomic E-state index is 0.355. The van der Waals surface area contributed by atoms with Crippen LogP contribution in [-0.2, 0) is 11.3 Å². The second-order valence-corrected chi connectivity index (χ2v) is 7.16. The van der Waals surface area contributed by atoms with Crippen molar-refractivity contribution in [3.8, 4) is 0 Å². The van der Waals surface area contributed by atoms with Crippen LogP contribution in [0.2, 0.25) is 5.02 Å². The fourth-order valence-electron chi connectivity index (χ4n) is 3.40. The minimum Gasteiger partial charge on any atom is -0.373 e. The smallest absolute Gasteiger partial charge is 0.137 e. The summed E-state index contributed by atoms with van der Waals surface area (Å²) < 4.78 is 7.82. The number of nitrogens with zero attached hydrogens (tertiary/aromatic N) is 3. The monoisotopic (exact) mass is 350 g/mol. The lowest BCUT2D eigenvalue weighted by Crippen LogP contribution is -2.45. The molecule has 6 heteroatoms. The van der Waals surface area contributed by atoms with E-state index >= 15 is 0 Å². The largest absolute Gasteiger partial charge is 0.373 e. The Kier molecular flexibility index (Phi) is 6.11. The molecule has 0 saturated carbocycles. The summed E-state index contributed by atoms with van der Waals surface area (Å²) in [5.41, 5.74) is 2.08. The Hall–Kier alpha value is -1.14. The number of fused-ring (bicyclic) bond motifs is 1. The summed E-state index contributed by atoms with van der Waals surface area (Å²) in [5, 5.41) is 4.24. The lowest BCUT2D eigenvalue weighted by Gasteiger charge is -2.35. The lowest BCUT2D eigenvalue weighted by atomic mass is 10.2. The zero-order chi connectivity index (χ0) is 16.9. The molecule has 0 amide bonds. The van der Waals surface area contributed by atoms with E-state index in [1.807, 2.05) is 28.9 Å². The summed E-state index contributed by atoms with van der Waals surface area (Å²) >= 11 is 6.06. The van der Waals surface area contributed by atoms with Gasteiger partial charge in [0.15, 0.2) is 0 Å². The summed E-state index contributed by atoms with van der Waals surface area (Å²) in [6.45, 7) is 9.42. The van der Waals surface area contributed by atoms with E-state index in [9.17, 15) is 0 Å². The molecule has 0 aromatic carbocycles. The molecule has 3 rings (SSSR count). The molecule has 0 aliphatic carbocycles. The van der Waals surface area contributed by atoms with Gasteiger partial charge in [0, 0.05) is 25.8 Å². The van der Waals surface area contributed by atoms with E-state index in [4.69, 9.17) is 16.3 Å². The van der Waals surface area contributed by atoms with Crippen molar-refractivity contribution < 1.29 is 4.74 Å². The SMILES string of the molecule is CC1CN(CCCCNCc2cnc3ccc(Cl)cn23)CC(C)O1. The molecule has 24 heavy (non-hydrogen) atoms. The maximum Gasteiger partial charge on any atom is 0.137 e. The number of pyridine rings is 1. The second kappa shape index (κ2) is 8.30. The van der Waals surface area contributed by atoms with Gasteiger partial charge in [-0.25, -0.2) is 4.98 Å². The zero-order valence-corrected chi connectivity index (χ0v) is 15.3. The Morgan fingerprint density at radius 1 is 1.25 bits per heavy atom. The van der Waals surface area contributed by atoms with E-state index < -0.39 is 0 Å². The van der Waals surface area contributed by atoms with E-state index in [0.717, 1.165) is 49.1 Å². The standard InChI is InChI=1S/C18H27ClN4O/c1-14-11-22(12-15(2)24-14)8-4-3-7-20-9-17-10-21-18-6-5-16(19)13-23(17)18/h5-6,10,13-15,20H,3-4,7-9,11-12H2,1-2H3. The molecule has 5 nitrogen and oxygen atoms in total. The first-order valence-corrected chi connectivity index (χ1v) is 9.19. The van der Waals surface area contributed by atoms with Crippen LogP contribution in [0, 0.1) is 0 Å². The normalized spacial score (nSPS) is 22.3. The highest BCUT2D eigenvalue weighted by molar-refractivity contribution is 6.30. The summed E-state index contributed by atoms with van der Waals surface area (Å²) in [6.07, 6.45) is 6.93. The van der Waals surface area contributed by atoms with Crippen molar-refractivity contribution in [2.24, 2.45) is 0 Å². The fourth-order valence-corrected chi connectivity index (χ4v) is 3.57. The highest BCUT2D eigenvalue weighted by atomic mass is 35.5. The molecular weight excluding hydrogens is 324 g/mol. The lowest BCUT2D eigenvalue weighted by molar-refractivity contribution is -0.0681. The average molecular weight is 351 g/mol. The Balaban J connectivity index is 1.36. The van der Waals surface area contributed by atoms with Gasteiger partial charge in [0.1, 0.15) is 5.65 Å². The molecule has 0 bridgehead atoms. The Labute approximate surface area is 149 Å². The molecule has 2 atom stereocenters. The number of aromatic nitrogens is 2. The third-order valence-electron chi connectivity index (χ3n) is 4.43. The third kappa shape index (κ3) is 4.70. The van der Waals surface area contributed by atoms with Crippen LogP contribution >= 0.6 is 11.6 Å². The van der Waals surface area contributed by atoms with Gasteiger partial charge in [-0.1, -0.05) is 11.6 Å². The predicted octanol–water partition coefficient (Wildman–Crippen LogP) is 2.97. The number of hydrogen-bond donors (Lipinski definition) is 1. The highest BCUT2D eigenvalue weighted by Gasteiger charge is 2.21. The van der Waals surface area contributed by atoms with Crippen molar-refractivity contribution in [3.05, 3.63) is 35.2 Å². The molecule has 2 aromatic heterocycles. The molecule has 1 aliphatic heterocycles. The average Bonchev–Trinajstić information content (AvgIpc) is 2.92. The maximum absolute atomic E-state index is 6.06. The molecule has 0 spiro atoms. The molecule has 1 saturated heterocycles. The fraction of sp³-hybridized carbons (Fsp3) is 0.611. The van der Waals surface area contributed by atoms with Gasteiger partial charge in [-0.3, -0.25) is 4.90 Å². The minimum atomic E-state index is 0.355. The summed E-state index contributed by atoms with van der Waals surface area (Å²) in [4.78, 5) is 6.92. The number of hydrogen-bond acceptors (Lipinski definition) is 4. The number of rotatable bonds is 7. The number of ether oxygens (including phenoxy) is 1. The molecule has 2 unspecified atom stereocenters. The number of nitrogens with one attached hydrogen (secondary N) is 1. The zero-order valence-electron chi connectivity index (χ0n) is 14.5. The van der Waals surface area contributed by atoms with E-state index in [0.29, 0.717) is 12.2 Å². The van der Waals surface area contributed by atoms with Gasteiger partial charge in [0.2, 0.25) is 0 Å². The van der Waals surface area contributed by atoms with E-state index in [2.05, 4.69) is 29.0 Å². The van der Waals surface area contributed by atoms with Crippen LogP contribution in [0.1, 0.15) is 32.4 Å². The summed E-state index contributed by atoms with van der Waals surface area (Å²) in [6, 6.07) is 3.81. The predicted molar refractivity (Wildman–Crippen MR) is 97.6 cm³/mol. The van der Waals surface area contributed by atoms with E-state index in [-0.39, 0.29) is 0 Å². The topological polar surface area (TPSA) is 41.8 Å². The first-order chi connectivity index (χ1) is 11.6. The van der Waals surface area contributed by atoms with Gasteiger partial charge < -0.3 is 14.5 Å². The first-order valence-electron chi connectivity index (χ1n) is 8.82. The van der Waals surface area contributed by atoms with Gasteiger partial charge in [-0.05, 0) is 51.9 Å². The molecule has 1 N–H and O–H groups in total. The van der Waals surface area contributed by atoms with Gasteiger partial charge >= 0.3 is 0 Å². The molecule has 1 aliphatic rings. The van der Waals surface area contributed by atoms with Gasteiger partial charge in [0.25, 0.3) is 0 Å². The number of halogens is 1. The van der Waals surface area contributed by atoms with Crippen molar-refractivity contribution >= 4 is 17.2 Å².